The minimum atomic E-state index is -0.154. The third-order valence-corrected chi connectivity index (χ3v) is 2.44. The normalized spacial score (nSPS) is 11.8. The van der Waals surface area contributed by atoms with Crippen molar-refractivity contribution in [3.63, 3.8) is 0 Å². The van der Waals surface area contributed by atoms with Crippen LogP contribution in [0.3, 0.4) is 0 Å². The van der Waals surface area contributed by atoms with E-state index in [1.54, 1.807) is 0 Å². The Morgan fingerprint density at radius 3 is 2.42 bits per heavy atom. The summed E-state index contributed by atoms with van der Waals surface area (Å²) < 4.78 is 0. The van der Waals surface area contributed by atoms with Gasteiger partial charge >= 0.3 is 0 Å². The number of carbonyl (C=O) groups excluding carboxylic acids is 1. The van der Waals surface area contributed by atoms with Gasteiger partial charge in [0.05, 0.1) is 6.54 Å². The maximum atomic E-state index is 10.9. The molecule has 0 atom stereocenters. The van der Waals surface area contributed by atoms with Gasteiger partial charge in [-0.3, -0.25) is 15.1 Å². The van der Waals surface area contributed by atoms with Gasteiger partial charge in [0.2, 0.25) is 5.91 Å². The van der Waals surface area contributed by atoms with E-state index in [1.807, 2.05) is 11.9 Å². The number of nitrogens with one attached hydrogen (secondary N) is 1. The summed E-state index contributed by atoms with van der Waals surface area (Å²) in [5.74, 6) is 4.83. The first-order valence-corrected chi connectivity index (χ1v) is 4.14. The molecule has 0 saturated carbocycles. The van der Waals surface area contributed by atoms with Crippen LogP contribution in [0.2, 0.25) is 0 Å². The Balaban J connectivity index is 4.02. The smallest absolute Gasteiger partial charge is 0.248 e. The van der Waals surface area contributed by atoms with Crippen LogP contribution in [0, 0.1) is 0 Å². The Labute approximate surface area is 74.1 Å². The summed E-state index contributed by atoms with van der Waals surface area (Å²) in [4.78, 5) is 12.9. The van der Waals surface area contributed by atoms with Crippen LogP contribution in [0.25, 0.3) is 0 Å². The fraction of sp³-hybridized carbons (Fsp3) is 0.875. The van der Waals surface area contributed by atoms with Gasteiger partial charge in [-0.1, -0.05) is 6.92 Å². The van der Waals surface area contributed by atoms with E-state index in [4.69, 9.17) is 5.84 Å². The summed E-state index contributed by atoms with van der Waals surface area (Å²) in [6.07, 6.45) is 1.00. The molecule has 0 saturated heterocycles. The SMILES string of the molecule is CCC(C)(C)N(C)CC(=O)NN. The monoisotopic (exact) mass is 173 g/mol. The third-order valence-electron chi connectivity index (χ3n) is 2.44. The number of rotatable bonds is 4. The number of nitrogens with zero attached hydrogens (tertiary/aromatic N) is 1. The number of amides is 1. The van der Waals surface area contributed by atoms with Gasteiger partial charge < -0.3 is 0 Å². The lowest BCUT2D eigenvalue weighted by molar-refractivity contribution is -0.123. The molecular weight excluding hydrogens is 154 g/mol. The first-order valence-electron chi connectivity index (χ1n) is 4.14. The molecule has 0 aliphatic carbocycles. The molecule has 0 bridgehead atoms. The van der Waals surface area contributed by atoms with Crippen LogP contribution < -0.4 is 11.3 Å². The molecule has 0 fully saturated rings. The van der Waals surface area contributed by atoms with Crippen molar-refractivity contribution in [2.75, 3.05) is 13.6 Å². The fourth-order valence-electron chi connectivity index (χ4n) is 0.745. The topological polar surface area (TPSA) is 58.4 Å². The summed E-state index contributed by atoms with van der Waals surface area (Å²) >= 11 is 0. The highest BCUT2D eigenvalue weighted by Crippen LogP contribution is 2.15. The van der Waals surface area contributed by atoms with Crippen molar-refractivity contribution < 1.29 is 4.79 Å². The lowest BCUT2D eigenvalue weighted by Crippen LogP contribution is -2.47. The molecule has 0 heterocycles. The van der Waals surface area contributed by atoms with Gasteiger partial charge in [0, 0.05) is 5.54 Å². The zero-order valence-corrected chi connectivity index (χ0v) is 8.35. The molecule has 72 valence electrons. The first-order chi connectivity index (χ1) is 5.44. The van der Waals surface area contributed by atoms with Crippen LogP contribution in [0.4, 0.5) is 0 Å². The number of nitrogens with two attached hydrogens (primary N) is 1. The summed E-state index contributed by atoms with van der Waals surface area (Å²) in [6.45, 7) is 6.63. The Morgan fingerprint density at radius 1 is 1.58 bits per heavy atom. The fourth-order valence-corrected chi connectivity index (χ4v) is 0.745. The minimum Gasteiger partial charge on any atom is -0.293 e. The van der Waals surface area contributed by atoms with E-state index in [0.29, 0.717) is 6.54 Å². The van der Waals surface area contributed by atoms with Crippen molar-refractivity contribution in [2.45, 2.75) is 32.7 Å². The van der Waals surface area contributed by atoms with Gasteiger partial charge in [-0.05, 0) is 27.3 Å². The van der Waals surface area contributed by atoms with Crippen LogP contribution in [0.15, 0.2) is 0 Å². The lowest BCUT2D eigenvalue weighted by Gasteiger charge is -2.33. The number of carbonyl (C=O) groups is 1. The highest BCUT2D eigenvalue weighted by atomic mass is 16.2. The summed E-state index contributed by atoms with van der Waals surface area (Å²) in [5.41, 5.74) is 2.16. The predicted octanol–water partition coefficient (Wildman–Crippen LogP) is 0.0967. The number of hydrazine groups is 1. The molecule has 0 radical (unpaired) electrons. The molecular formula is C8H19N3O. The second-order valence-corrected chi connectivity index (χ2v) is 3.59. The Kier molecular flexibility index (Phi) is 4.20. The van der Waals surface area contributed by atoms with Crippen molar-refractivity contribution in [2.24, 2.45) is 5.84 Å². The van der Waals surface area contributed by atoms with Crippen LogP contribution in [0.1, 0.15) is 27.2 Å². The Bertz CT molecular complexity index is 156. The molecule has 4 nitrogen and oxygen atoms in total. The van der Waals surface area contributed by atoms with Gasteiger partial charge in [-0.25, -0.2) is 5.84 Å². The zero-order valence-electron chi connectivity index (χ0n) is 8.35. The van der Waals surface area contributed by atoms with Crippen molar-refractivity contribution >= 4 is 5.91 Å². The van der Waals surface area contributed by atoms with E-state index in [0.717, 1.165) is 6.42 Å². The van der Waals surface area contributed by atoms with Crippen molar-refractivity contribution in [3.05, 3.63) is 0 Å². The van der Waals surface area contributed by atoms with Gasteiger partial charge in [0.15, 0.2) is 0 Å². The number of hydrogen-bond donors (Lipinski definition) is 2. The molecule has 12 heavy (non-hydrogen) atoms. The zero-order chi connectivity index (χ0) is 9.78. The van der Waals surface area contributed by atoms with E-state index in [1.165, 1.54) is 0 Å². The second kappa shape index (κ2) is 4.42. The van der Waals surface area contributed by atoms with E-state index in [2.05, 4.69) is 26.2 Å². The molecule has 0 spiro atoms. The van der Waals surface area contributed by atoms with E-state index in [9.17, 15) is 4.79 Å². The van der Waals surface area contributed by atoms with E-state index in [-0.39, 0.29) is 11.4 Å². The quantitative estimate of drug-likeness (QED) is 0.360. The Morgan fingerprint density at radius 2 is 2.08 bits per heavy atom. The van der Waals surface area contributed by atoms with Crippen LogP contribution in [-0.2, 0) is 4.79 Å². The molecule has 0 aromatic heterocycles. The first kappa shape index (κ1) is 11.4. The average molecular weight is 173 g/mol. The molecule has 0 rings (SSSR count). The molecule has 0 unspecified atom stereocenters. The van der Waals surface area contributed by atoms with Gasteiger partial charge in [-0.15, -0.1) is 0 Å². The lowest BCUT2D eigenvalue weighted by atomic mass is 10.0. The average Bonchev–Trinajstić information content (AvgIpc) is 2.04. The molecule has 3 N–H and O–H groups in total. The number of hydrogen-bond acceptors (Lipinski definition) is 3. The Hall–Kier alpha value is -0.610. The number of likely N-dealkylation sites (N-methyl/N-ethyl adjacent to an activating group) is 1. The van der Waals surface area contributed by atoms with Crippen molar-refractivity contribution in [3.8, 4) is 0 Å². The van der Waals surface area contributed by atoms with E-state index < -0.39 is 0 Å². The molecule has 0 aromatic rings. The highest BCUT2D eigenvalue weighted by Gasteiger charge is 2.22. The molecule has 0 aromatic carbocycles. The molecule has 0 aliphatic rings. The predicted molar refractivity (Wildman–Crippen MR) is 49.3 cm³/mol. The van der Waals surface area contributed by atoms with Crippen LogP contribution in [-0.4, -0.2) is 29.9 Å². The highest BCUT2D eigenvalue weighted by molar-refractivity contribution is 5.77. The molecule has 1 amide bonds. The van der Waals surface area contributed by atoms with Crippen LogP contribution >= 0.6 is 0 Å². The third kappa shape index (κ3) is 3.19. The molecule has 0 aliphatic heterocycles. The van der Waals surface area contributed by atoms with Crippen LogP contribution in [0.5, 0.6) is 0 Å². The largest absolute Gasteiger partial charge is 0.293 e. The standard InChI is InChI=1S/C8H19N3O/c1-5-8(2,3)11(4)6-7(12)10-9/h5-6,9H2,1-4H3,(H,10,12). The van der Waals surface area contributed by atoms with Crippen molar-refractivity contribution in [1.29, 1.82) is 0 Å². The van der Waals surface area contributed by atoms with Gasteiger partial charge in [0.25, 0.3) is 0 Å². The van der Waals surface area contributed by atoms with Crippen molar-refractivity contribution in [1.82, 2.24) is 10.3 Å². The summed E-state index contributed by atoms with van der Waals surface area (Å²) in [7, 11) is 1.92. The minimum absolute atomic E-state index is 0.0481. The maximum absolute atomic E-state index is 10.9. The van der Waals surface area contributed by atoms with Gasteiger partial charge in [-0.2, -0.15) is 0 Å². The molecule has 4 heteroatoms. The summed E-state index contributed by atoms with van der Waals surface area (Å²) in [5, 5.41) is 0. The maximum Gasteiger partial charge on any atom is 0.248 e. The van der Waals surface area contributed by atoms with Gasteiger partial charge in [0.1, 0.15) is 0 Å². The second-order valence-electron chi connectivity index (χ2n) is 3.59. The van der Waals surface area contributed by atoms with E-state index >= 15 is 0 Å². The summed E-state index contributed by atoms with van der Waals surface area (Å²) in [6, 6.07) is 0.